The predicted molar refractivity (Wildman–Crippen MR) is 101 cm³/mol. The number of carbonyl (C=O) groups excluding carboxylic acids is 1. The molecule has 26 heavy (non-hydrogen) atoms. The van der Waals surface area contributed by atoms with Crippen LogP contribution in [-0.2, 0) is 0 Å². The van der Waals surface area contributed by atoms with E-state index in [1.807, 2.05) is 66.6 Å². The van der Waals surface area contributed by atoms with Crippen LogP contribution in [0.2, 0.25) is 0 Å². The molecule has 0 radical (unpaired) electrons. The van der Waals surface area contributed by atoms with Crippen molar-refractivity contribution < 1.29 is 4.79 Å². The van der Waals surface area contributed by atoms with Gasteiger partial charge in [0.15, 0.2) is 0 Å². The van der Waals surface area contributed by atoms with E-state index in [0.717, 1.165) is 30.3 Å². The molecule has 6 nitrogen and oxygen atoms in total. The molecular formula is C20H21N5O. The molecule has 0 N–H and O–H groups in total. The van der Waals surface area contributed by atoms with Crippen molar-refractivity contribution >= 4 is 11.7 Å². The van der Waals surface area contributed by atoms with Crippen molar-refractivity contribution in [1.29, 1.82) is 0 Å². The fourth-order valence-corrected chi connectivity index (χ4v) is 3.23. The Balaban J connectivity index is 1.45. The van der Waals surface area contributed by atoms with Gasteiger partial charge in [-0.1, -0.05) is 12.1 Å². The highest BCUT2D eigenvalue weighted by Crippen LogP contribution is 2.17. The summed E-state index contributed by atoms with van der Waals surface area (Å²) in [5, 5.41) is 4.23. The van der Waals surface area contributed by atoms with Crippen LogP contribution in [0.3, 0.4) is 0 Å². The molecule has 1 aromatic carbocycles. The number of carbonyl (C=O) groups is 1. The van der Waals surface area contributed by atoms with Gasteiger partial charge in [0, 0.05) is 49.8 Å². The van der Waals surface area contributed by atoms with Crippen molar-refractivity contribution in [3.63, 3.8) is 0 Å². The largest absolute Gasteiger partial charge is 0.353 e. The van der Waals surface area contributed by atoms with Crippen LogP contribution in [0.5, 0.6) is 0 Å². The molecule has 0 bridgehead atoms. The van der Waals surface area contributed by atoms with Crippen LogP contribution in [-0.4, -0.2) is 51.8 Å². The standard InChI is InChI=1S/C20H21N5O/c1-16-5-2-8-19(22-16)23-11-13-24(14-12-23)20(26)17-6-3-7-18(15-17)25-10-4-9-21-25/h2-10,15H,11-14H2,1H3. The van der Waals surface area contributed by atoms with Crippen LogP contribution < -0.4 is 4.90 Å². The Bertz CT molecular complexity index is 898. The third kappa shape index (κ3) is 3.31. The lowest BCUT2D eigenvalue weighted by Crippen LogP contribution is -2.49. The van der Waals surface area contributed by atoms with Crippen LogP contribution in [0.4, 0.5) is 5.82 Å². The summed E-state index contributed by atoms with van der Waals surface area (Å²) in [4.78, 5) is 21.6. The van der Waals surface area contributed by atoms with Gasteiger partial charge in [0.25, 0.3) is 5.91 Å². The fourth-order valence-electron chi connectivity index (χ4n) is 3.23. The molecule has 4 rings (SSSR count). The number of hydrogen-bond acceptors (Lipinski definition) is 4. The summed E-state index contributed by atoms with van der Waals surface area (Å²) in [6.45, 7) is 4.97. The van der Waals surface area contributed by atoms with Gasteiger partial charge in [-0.2, -0.15) is 5.10 Å². The molecule has 6 heteroatoms. The van der Waals surface area contributed by atoms with E-state index in [9.17, 15) is 4.79 Å². The number of hydrogen-bond donors (Lipinski definition) is 0. The van der Waals surface area contributed by atoms with Crippen LogP contribution in [0.1, 0.15) is 16.1 Å². The van der Waals surface area contributed by atoms with Gasteiger partial charge in [-0.3, -0.25) is 4.79 Å². The molecule has 132 valence electrons. The van der Waals surface area contributed by atoms with Crippen molar-refractivity contribution in [3.8, 4) is 5.69 Å². The zero-order valence-electron chi connectivity index (χ0n) is 14.7. The number of amides is 1. The Labute approximate surface area is 152 Å². The third-order valence-electron chi connectivity index (χ3n) is 4.63. The topological polar surface area (TPSA) is 54.3 Å². The minimum Gasteiger partial charge on any atom is -0.353 e. The first kappa shape index (κ1) is 16.3. The van der Waals surface area contributed by atoms with Crippen LogP contribution in [0.25, 0.3) is 5.69 Å². The number of pyridine rings is 1. The van der Waals surface area contributed by atoms with Gasteiger partial charge in [0.1, 0.15) is 5.82 Å². The molecule has 3 aromatic rings. The van der Waals surface area contributed by atoms with Gasteiger partial charge in [0.05, 0.1) is 5.69 Å². The Morgan fingerprint density at radius 2 is 1.81 bits per heavy atom. The Morgan fingerprint density at radius 1 is 1.00 bits per heavy atom. The number of aryl methyl sites for hydroxylation is 1. The maximum absolute atomic E-state index is 12.9. The molecule has 0 unspecified atom stereocenters. The van der Waals surface area contributed by atoms with Gasteiger partial charge in [-0.25, -0.2) is 9.67 Å². The van der Waals surface area contributed by atoms with Gasteiger partial charge in [-0.05, 0) is 43.3 Å². The van der Waals surface area contributed by atoms with E-state index >= 15 is 0 Å². The number of anilines is 1. The van der Waals surface area contributed by atoms with E-state index in [2.05, 4.69) is 15.0 Å². The summed E-state index contributed by atoms with van der Waals surface area (Å²) in [5.41, 5.74) is 2.60. The predicted octanol–water partition coefficient (Wildman–Crippen LogP) is 2.54. The molecule has 1 aliphatic rings. The molecule has 0 aliphatic carbocycles. The summed E-state index contributed by atoms with van der Waals surface area (Å²) >= 11 is 0. The zero-order chi connectivity index (χ0) is 17.9. The molecule has 1 amide bonds. The van der Waals surface area contributed by atoms with Gasteiger partial charge in [0.2, 0.25) is 0 Å². The molecule has 0 spiro atoms. The molecule has 3 heterocycles. The summed E-state index contributed by atoms with van der Waals surface area (Å²) in [5.74, 6) is 1.05. The number of piperazine rings is 1. The monoisotopic (exact) mass is 347 g/mol. The minimum atomic E-state index is 0.0656. The molecule has 0 atom stereocenters. The van der Waals surface area contributed by atoms with Gasteiger partial charge in [-0.15, -0.1) is 0 Å². The molecule has 0 saturated carbocycles. The van der Waals surface area contributed by atoms with Crippen molar-refractivity contribution in [3.05, 3.63) is 72.2 Å². The first-order valence-electron chi connectivity index (χ1n) is 8.79. The quantitative estimate of drug-likeness (QED) is 0.731. The van der Waals surface area contributed by atoms with Gasteiger partial charge < -0.3 is 9.80 Å². The fraction of sp³-hybridized carbons (Fsp3) is 0.250. The van der Waals surface area contributed by atoms with E-state index in [1.165, 1.54) is 0 Å². The molecule has 1 fully saturated rings. The average molecular weight is 347 g/mol. The molecule has 2 aromatic heterocycles. The SMILES string of the molecule is Cc1cccc(N2CCN(C(=O)c3cccc(-n4cccn4)c3)CC2)n1. The third-order valence-corrected chi connectivity index (χ3v) is 4.63. The molecular weight excluding hydrogens is 326 g/mol. The van der Waals surface area contributed by atoms with Crippen molar-refractivity contribution in [1.82, 2.24) is 19.7 Å². The van der Waals surface area contributed by atoms with Crippen molar-refractivity contribution in [2.24, 2.45) is 0 Å². The second-order valence-corrected chi connectivity index (χ2v) is 6.42. The molecule has 1 saturated heterocycles. The molecule has 1 aliphatic heterocycles. The van der Waals surface area contributed by atoms with Gasteiger partial charge >= 0.3 is 0 Å². The number of benzene rings is 1. The van der Waals surface area contributed by atoms with Crippen LogP contribution in [0.15, 0.2) is 60.9 Å². The highest BCUT2D eigenvalue weighted by atomic mass is 16.2. The van der Waals surface area contributed by atoms with E-state index in [-0.39, 0.29) is 5.91 Å². The number of rotatable bonds is 3. The Morgan fingerprint density at radius 3 is 2.54 bits per heavy atom. The van der Waals surface area contributed by atoms with Crippen LogP contribution >= 0.6 is 0 Å². The van der Waals surface area contributed by atoms with E-state index in [1.54, 1.807) is 10.9 Å². The van der Waals surface area contributed by atoms with E-state index in [4.69, 9.17) is 0 Å². The van der Waals surface area contributed by atoms with E-state index < -0.39 is 0 Å². The summed E-state index contributed by atoms with van der Waals surface area (Å²) < 4.78 is 1.76. The summed E-state index contributed by atoms with van der Waals surface area (Å²) in [7, 11) is 0. The summed E-state index contributed by atoms with van der Waals surface area (Å²) in [6, 6.07) is 15.5. The number of nitrogens with zero attached hydrogens (tertiary/aromatic N) is 5. The van der Waals surface area contributed by atoms with Crippen molar-refractivity contribution in [2.45, 2.75) is 6.92 Å². The lowest BCUT2D eigenvalue weighted by Gasteiger charge is -2.35. The maximum atomic E-state index is 12.9. The maximum Gasteiger partial charge on any atom is 0.254 e. The first-order valence-corrected chi connectivity index (χ1v) is 8.79. The van der Waals surface area contributed by atoms with E-state index in [0.29, 0.717) is 18.7 Å². The zero-order valence-corrected chi connectivity index (χ0v) is 14.7. The lowest BCUT2D eigenvalue weighted by atomic mass is 10.1. The highest BCUT2D eigenvalue weighted by Gasteiger charge is 2.23. The lowest BCUT2D eigenvalue weighted by molar-refractivity contribution is 0.0746. The first-order chi connectivity index (χ1) is 12.7. The Kier molecular flexibility index (Phi) is 4.39. The second kappa shape index (κ2) is 7.00. The Hall–Kier alpha value is -3.15. The minimum absolute atomic E-state index is 0.0656. The normalized spacial score (nSPS) is 14.5. The average Bonchev–Trinajstić information content (AvgIpc) is 3.23. The van der Waals surface area contributed by atoms with Crippen LogP contribution in [0, 0.1) is 6.92 Å². The second-order valence-electron chi connectivity index (χ2n) is 6.42. The van der Waals surface area contributed by atoms with Crippen molar-refractivity contribution in [2.75, 3.05) is 31.1 Å². The number of aromatic nitrogens is 3. The summed E-state index contributed by atoms with van der Waals surface area (Å²) in [6.07, 6.45) is 3.60. The highest BCUT2D eigenvalue weighted by molar-refractivity contribution is 5.95. The smallest absolute Gasteiger partial charge is 0.254 e.